The number of hydrogen-bond acceptors (Lipinski definition) is 3. The molecule has 1 N–H and O–H groups in total. The Balaban J connectivity index is 4.19. The molecule has 0 saturated heterocycles. The van der Waals surface area contributed by atoms with E-state index in [0.717, 1.165) is 6.04 Å². The molecule has 0 saturated carbocycles. The van der Waals surface area contributed by atoms with Gasteiger partial charge in [-0.2, -0.15) is 0 Å². The molecule has 0 unspecified atom stereocenters. The molecule has 0 aromatic heterocycles. The molecule has 14 heavy (non-hydrogen) atoms. The van der Waals surface area contributed by atoms with Crippen LogP contribution in [-0.2, 0) is 8.23 Å². The molecule has 0 aliphatic carbocycles. The third-order valence-corrected chi connectivity index (χ3v) is 10.9. The summed E-state index contributed by atoms with van der Waals surface area (Å²) in [4.78, 5) is 0. The SMILES string of the molecule is C[Si](C)O[Si](C)(C)O[Si](C)(C)CCO. The predicted octanol–water partition coefficient (Wildman–Crippen LogP) is 2.17. The lowest BCUT2D eigenvalue weighted by molar-refractivity contribution is 0.307. The van der Waals surface area contributed by atoms with Crippen LogP contribution in [0.15, 0.2) is 0 Å². The minimum absolute atomic E-state index is 0.222. The van der Waals surface area contributed by atoms with Gasteiger partial charge in [0.2, 0.25) is 0 Å². The van der Waals surface area contributed by atoms with E-state index in [1.54, 1.807) is 0 Å². The van der Waals surface area contributed by atoms with E-state index in [1.165, 1.54) is 0 Å². The molecule has 0 aromatic rings. The highest BCUT2D eigenvalue weighted by atomic mass is 28.5. The summed E-state index contributed by atoms with van der Waals surface area (Å²) in [6, 6.07) is 0.794. The van der Waals surface area contributed by atoms with Crippen LogP contribution in [0.5, 0.6) is 0 Å². The van der Waals surface area contributed by atoms with Crippen LogP contribution < -0.4 is 0 Å². The van der Waals surface area contributed by atoms with Gasteiger partial charge in [-0.1, -0.05) is 0 Å². The Labute approximate surface area is 91.5 Å². The molecule has 0 atom stereocenters. The van der Waals surface area contributed by atoms with E-state index in [2.05, 4.69) is 39.3 Å². The van der Waals surface area contributed by atoms with Gasteiger partial charge in [-0.25, -0.2) is 0 Å². The van der Waals surface area contributed by atoms with Crippen molar-refractivity contribution in [2.24, 2.45) is 0 Å². The molecule has 6 heteroatoms. The first-order valence-electron chi connectivity index (χ1n) is 4.99. The fraction of sp³-hybridized carbons (Fsp3) is 1.00. The monoisotopic (exact) mass is 251 g/mol. The summed E-state index contributed by atoms with van der Waals surface area (Å²) in [5.41, 5.74) is 0. The highest BCUT2D eigenvalue weighted by molar-refractivity contribution is 6.84. The fourth-order valence-electron chi connectivity index (χ4n) is 1.50. The van der Waals surface area contributed by atoms with Gasteiger partial charge in [-0.15, -0.1) is 0 Å². The number of aliphatic hydroxyl groups is 1. The van der Waals surface area contributed by atoms with Crippen LogP contribution in [-0.4, -0.2) is 37.6 Å². The molecule has 0 aliphatic heterocycles. The van der Waals surface area contributed by atoms with Crippen molar-refractivity contribution in [3.8, 4) is 0 Å². The first-order chi connectivity index (χ1) is 6.18. The van der Waals surface area contributed by atoms with Crippen LogP contribution in [0.25, 0.3) is 0 Å². The normalized spacial score (nSPS) is 13.7. The van der Waals surface area contributed by atoms with E-state index in [4.69, 9.17) is 13.3 Å². The first-order valence-corrected chi connectivity index (χ1v) is 13.3. The lowest BCUT2D eigenvalue weighted by Gasteiger charge is -2.34. The molecule has 0 spiro atoms. The second-order valence-electron chi connectivity index (χ2n) is 4.75. The summed E-state index contributed by atoms with van der Waals surface area (Å²) in [7, 11) is -4.33. The highest BCUT2D eigenvalue weighted by Crippen LogP contribution is 2.19. The lowest BCUT2D eigenvalue weighted by atomic mass is 10.9. The van der Waals surface area contributed by atoms with Gasteiger partial charge in [-0.3, -0.25) is 0 Å². The fourth-order valence-corrected chi connectivity index (χ4v) is 12.2. The second kappa shape index (κ2) is 5.57. The summed E-state index contributed by atoms with van der Waals surface area (Å²) in [6.07, 6.45) is 0. The number of hydrogen-bond donors (Lipinski definition) is 1. The Kier molecular flexibility index (Phi) is 5.78. The zero-order valence-electron chi connectivity index (χ0n) is 10.2. The largest absolute Gasteiger partial charge is 0.437 e. The van der Waals surface area contributed by atoms with E-state index in [0.29, 0.717) is 0 Å². The van der Waals surface area contributed by atoms with Crippen LogP contribution in [0, 0.1) is 0 Å². The van der Waals surface area contributed by atoms with Crippen molar-refractivity contribution in [1.82, 2.24) is 0 Å². The summed E-state index contributed by atoms with van der Waals surface area (Å²) in [5, 5.41) is 8.92. The average molecular weight is 252 g/mol. The van der Waals surface area contributed by atoms with E-state index < -0.39 is 25.9 Å². The number of aliphatic hydroxyl groups excluding tert-OH is 1. The van der Waals surface area contributed by atoms with Crippen molar-refractivity contribution in [1.29, 1.82) is 0 Å². The Hall–Kier alpha value is 0.531. The van der Waals surface area contributed by atoms with E-state index >= 15 is 0 Å². The molecule has 3 nitrogen and oxygen atoms in total. The topological polar surface area (TPSA) is 38.7 Å². The zero-order valence-corrected chi connectivity index (χ0v) is 13.2. The van der Waals surface area contributed by atoms with Crippen molar-refractivity contribution in [2.75, 3.05) is 6.61 Å². The molecule has 0 amide bonds. The Morgan fingerprint density at radius 2 is 1.64 bits per heavy atom. The Morgan fingerprint density at radius 1 is 1.14 bits per heavy atom. The molecule has 0 heterocycles. The van der Waals surface area contributed by atoms with Crippen molar-refractivity contribution >= 4 is 25.9 Å². The van der Waals surface area contributed by atoms with Crippen LogP contribution in [0.3, 0.4) is 0 Å². The van der Waals surface area contributed by atoms with Crippen molar-refractivity contribution in [3.63, 3.8) is 0 Å². The molecule has 0 rings (SSSR count). The Bertz CT molecular complexity index is 171. The van der Waals surface area contributed by atoms with Crippen molar-refractivity contribution in [3.05, 3.63) is 0 Å². The maximum absolute atomic E-state index is 8.92. The molecule has 0 aliphatic rings. The van der Waals surface area contributed by atoms with Gasteiger partial charge in [0.05, 0.1) is 0 Å². The highest BCUT2D eigenvalue weighted by Gasteiger charge is 2.34. The number of rotatable bonds is 6. The first kappa shape index (κ1) is 14.5. The van der Waals surface area contributed by atoms with Gasteiger partial charge >= 0.3 is 8.56 Å². The zero-order chi connectivity index (χ0) is 11.4. The molecule has 1 radical (unpaired) electrons. The third kappa shape index (κ3) is 6.91. The molecular weight excluding hydrogens is 228 g/mol. The van der Waals surface area contributed by atoms with Crippen LogP contribution in [0.1, 0.15) is 0 Å². The van der Waals surface area contributed by atoms with Gasteiger partial charge < -0.3 is 13.3 Å². The summed E-state index contributed by atoms with van der Waals surface area (Å²) < 4.78 is 12.0. The smallest absolute Gasteiger partial charge is 0.311 e. The van der Waals surface area contributed by atoms with E-state index in [-0.39, 0.29) is 6.61 Å². The summed E-state index contributed by atoms with van der Waals surface area (Å²) in [5.74, 6) is 0. The van der Waals surface area contributed by atoms with Crippen LogP contribution >= 0.6 is 0 Å². The van der Waals surface area contributed by atoms with Gasteiger partial charge in [0.1, 0.15) is 0 Å². The van der Waals surface area contributed by atoms with Crippen molar-refractivity contribution in [2.45, 2.75) is 45.3 Å². The van der Waals surface area contributed by atoms with Gasteiger partial charge in [-0.05, 0) is 45.3 Å². The van der Waals surface area contributed by atoms with E-state index in [9.17, 15) is 0 Å². The standard InChI is InChI=1S/C8H23O3Si3/c1-12(2)10-14(5,6)11-13(3,4)8-7-9/h9H,7-8H2,1-6H3. The summed E-state index contributed by atoms with van der Waals surface area (Å²) >= 11 is 0. The Morgan fingerprint density at radius 3 is 2.00 bits per heavy atom. The van der Waals surface area contributed by atoms with Gasteiger partial charge in [0, 0.05) is 6.61 Å². The minimum atomic E-state index is -1.94. The quantitative estimate of drug-likeness (QED) is 0.735. The van der Waals surface area contributed by atoms with Gasteiger partial charge in [0.25, 0.3) is 0 Å². The maximum Gasteiger partial charge on any atom is 0.311 e. The third-order valence-electron chi connectivity index (χ3n) is 1.69. The molecule has 85 valence electrons. The lowest BCUT2D eigenvalue weighted by Crippen LogP contribution is -2.48. The summed E-state index contributed by atoms with van der Waals surface area (Å²) in [6.45, 7) is 12.9. The van der Waals surface area contributed by atoms with Crippen LogP contribution in [0.4, 0.5) is 0 Å². The molecular formula is C8H23O3Si3. The van der Waals surface area contributed by atoms with Gasteiger partial charge in [0.15, 0.2) is 17.4 Å². The van der Waals surface area contributed by atoms with Crippen LogP contribution in [0.2, 0.25) is 45.3 Å². The molecule has 0 aromatic carbocycles. The molecule has 0 bridgehead atoms. The minimum Gasteiger partial charge on any atom is -0.437 e. The predicted molar refractivity (Wildman–Crippen MR) is 66.5 cm³/mol. The maximum atomic E-state index is 8.92. The van der Waals surface area contributed by atoms with Crippen molar-refractivity contribution < 1.29 is 13.3 Å². The molecule has 0 fully saturated rings. The second-order valence-corrected chi connectivity index (χ2v) is 15.0. The van der Waals surface area contributed by atoms with E-state index in [1.807, 2.05) is 0 Å². The average Bonchev–Trinajstić information content (AvgIpc) is 1.78.